The molecule has 1 radical (unpaired) electrons. The zero-order chi connectivity index (χ0) is 18.2. The van der Waals surface area contributed by atoms with Crippen LogP contribution in [0.2, 0.25) is 0 Å². The Balaban J connectivity index is 2.25. The first-order valence-electron chi connectivity index (χ1n) is 7.75. The van der Waals surface area contributed by atoms with Crippen LogP contribution in [-0.2, 0) is 16.3 Å². The van der Waals surface area contributed by atoms with Gasteiger partial charge in [0.25, 0.3) is 0 Å². The van der Waals surface area contributed by atoms with Crippen LogP contribution in [-0.4, -0.2) is 29.1 Å². The van der Waals surface area contributed by atoms with Crippen LogP contribution in [0.3, 0.4) is 0 Å². The monoisotopic (exact) mass is 359 g/mol. The largest absolute Gasteiger partial charge is 0.382 e. The second kappa shape index (κ2) is 6.32. The summed E-state index contributed by atoms with van der Waals surface area (Å²) < 4.78 is 23.1. The Kier molecular flexibility index (Phi) is 4.34. The first-order valence-corrected chi connectivity index (χ1v) is 9.48. The first-order chi connectivity index (χ1) is 11.8. The lowest BCUT2D eigenvalue weighted by atomic mass is 10.2. The number of nitrogens with one attached hydrogen (secondary N) is 1. The quantitative estimate of drug-likeness (QED) is 0.672. The maximum atomic E-state index is 12.6. The standard InChI is InChI=1S/C16H19N6O2S/c1-3-9-25(18,24)15-19-13(17)12-14(20-15)22(16(23)21(12)2)10-11-7-5-4-6-8-11/h4-8,18H,2-3,9-10H2,1H3,(H2,17,19,20). The van der Waals surface area contributed by atoms with E-state index < -0.39 is 15.4 Å². The zero-order valence-corrected chi connectivity index (χ0v) is 14.6. The Bertz CT molecular complexity index is 1080. The van der Waals surface area contributed by atoms with Gasteiger partial charge in [-0.2, -0.15) is 4.98 Å². The minimum absolute atomic E-state index is 0.00464. The van der Waals surface area contributed by atoms with Gasteiger partial charge in [-0.1, -0.05) is 37.3 Å². The van der Waals surface area contributed by atoms with Crippen molar-refractivity contribution in [2.24, 2.45) is 0 Å². The topological polar surface area (TPSA) is 120 Å². The Hall–Kier alpha value is -2.68. The molecule has 3 aromatic rings. The van der Waals surface area contributed by atoms with Crippen molar-refractivity contribution in [2.75, 3.05) is 11.5 Å². The molecule has 0 aliphatic rings. The molecule has 8 nitrogen and oxygen atoms in total. The molecule has 0 saturated heterocycles. The van der Waals surface area contributed by atoms with E-state index >= 15 is 0 Å². The highest BCUT2D eigenvalue weighted by Gasteiger charge is 2.21. The molecule has 2 heterocycles. The molecule has 0 bridgehead atoms. The van der Waals surface area contributed by atoms with Crippen molar-refractivity contribution in [2.45, 2.75) is 25.0 Å². The molecular weight excluding hydrogens is 340 g/mol. The lowest BCUT2D eigenvalue weighted by Crippen LogP contribution is -2.22. The summed E-state index contributed by atoms with van der Waals surface area (Å²) in [5.41, 5.74) is 6.97. The molecule has 1 atom stereocenters. The summed E-state index contributed by atoms with van der Waals surface area (Å²) in [5.74, 6) is 0.126. The van der Waals surface area contributed by atoms with Crippen LogP contribution in [0, 0.1) is 11.8 Å². The summed E-state index contributed by atoms with van der Waals surface area (Å²) in [4.78, 5) is 20.8. The molecule has 2 aromatic heterocycles. The minimum atomic E-state index is -3.16. The van der Waals surface area contributed by atoms with Crippen molar-refractivity contribution in [3.8, 4) is 0 Å². The van der Waals surface area contributed by atoms with Crippen molar-refractivity contribution in [1.29, 1.82) is 4.78 Å². The highest BCUT2D eigenvalue weighted by atomic mass is 32.2. The van der Waals surface area contributed by atoms with E-state index in [0.29, 0.717) is 6.42 Å². The predicted molar refractivity (Wildman–Crippen MR) is 96.8 cm³/mol. The summed E-state index contributed by atoms with van der Waals surface area (Å²) in [5, 5.41) is -0.147. The van der Waals surface area contributed by atoms with Gasteiger partial charge in [0.15, 0.2) is 11.5 Å². The number of fused-ring (bicyclic) bond motifs is 1. The van der Waals surface area contributed by atoms with Crippen LogP contribution in [0.1, 0.15) is 18.9 Å². The summed E-state index contributed by atoms with van der Waals surface area (Å²) in [6.45, 7) is 2.09. The second-order valence-electron chi connectivity index (χ2n) is 5.73. The van der Waals surface area contributed by atoms with Gasteiger partial charge in [-0.05, 0) is 12.0 Å². The lowest BCUT2D eigenvalue weighted by molar-refractivity contribution is 0.665. The van der Waals surface area contributed by atoms with Crippen LogP contribution in [0.25, 0.3) is 11.2 Å². The molecule has 0 fully saturated rings. The number of hydrogen-bond acceptors (Lipinski definition) is 6. The highest BCUT2D eigenvalue weighted by Crippen LogP contribution is 2.20. The number of nitrogens with zero attached hydrogens (tertiary/aromatic N) is 4. The Labute approximate surface area is 145 Å². The molecule has 0 aliphatic heterocycles. The van der Waals surface area contributed by atoms with Gasteiger partial charge in [-0.3, -0.25) is 9.13 Å². The Morgan fingerprint density at radius 3 is 2.60 bits per heavy atom. The van der Waals surface area contributed by atoms with Gasteiger partial charge < -0.3 is 5.73 Å². The molecule has 1 unspecified atom stereocenters. The lowest BCUT2D eigenvalue weighted by Gasteiger charge is -2.08. The average molecular weight is 359 g/mol. The Morgan fingerprint density at radius 1 is 1.28 bits per heavy atom. The number of hydrogen-bond donors (Lipinski definition) is 2. The molecule has 131 valence electrons. The number of nitrogen functional groups attached to an aromatic ring is 1. The number of anilines is 1. The van der Waals surface area contributed by atoms with Gasteiger partial charge in [0.2, 0.25) is 5.16 Å². The first kappa shape index (κ1) is 17.2. The van der Waals surface area contributed by atoms with Crippen LogP contribution < -0.4 is 11.4 Å². The maximum Gasteiger partial charge on any atom is 0.330 e. The van der Waals surface area contributed by atoms with E-state index in [2.05, 4.69) is 17.0 Å². The van der Waals surface area contributed by atoms with E-state index in [-0.39, 0.29) is 34.4 Å². The summed E-state index contributed by atoms with van der Waals surface area (Å²) in [6.07, 6.45) is 0.552. The Morgan fingerprint density at radius 2 is 1.96 bits per heavy atom. The van der Waals surface area contributed by atoms with Crippen LogP contribution in [0.5, 0.6) is 0 Å². The van der Waals surface area contributed by atoms with Gasteiger partial charge >= 0.3 is 5.69 Å². The van der Waals surface area contributed by atoms with Gasteiger partial charge in [-0.15, -0.1) is 0 Å². The number of imidazole rings is 1. The van der Waals surface area contributed by atoms with Gasteiger partial charge in [0.05, 0.1) is 6.54 Å². The van der Waals surface area contributed by atoms with Crippen molar-refractivity contribution in [1.82, 2.24) is 19.1 Å². The number of aromatic nitrogens is 4. The third-order valence-corrected chi connectivity index (χ3v) is 5.59. The summed E-state index contributed by atoms with van der Waals surface area (Å²) in [7, 11) is 0.540. The molecule has 0 spiro atoms. The molecule has 1 aromatic carbocycles. The maximum absolute atomic E-state index is 12.6. The van der Waals surface area contributed by atoms with E-state index in [1.54, 1.807) is 0 Å². The third kappa shape index (κ3) is 3.02. The fourth-order valence-electron chi connectivity index (χ4n) is 2.65. The second-order valence-corrected chi connectivity index (χ2v) is 7.85. The van der Waals surface area contributed by atoms with Crippen molar-refractivity contribution < 1.29 is 4.21 Å². The molecule has 0 aliphatic carbocycles. The SMILES string of the molecule is [CH2]n1c(=O)n(Cc2ccccc2)c2nc(S(=N)(=O)CCC)nc(N)c21. The normalized spacial score (nSPS) is 13.8. The molecule has 0 saturated carbocycles. The summed E-state index contributed by atoms with van der Waals surface area (Å²) in [6, 6.07) is 9.39. The van der Waals surface area contributed by atoms with Crippen LogP contribution in [0.4, 0.5) is 5.82 Å². The van der Waals surface area contributed by atoms with Crippen molar-refractivity contribution in [3.05, 3.63) is 53.4 Å². The number of benzene rings is 1. The van der Waals surface area contributed by atoms with Crippen molar-refractivity contribution >= 4 is 26.7 Å². The minimum Gasteiger partial charge on any atom is -0.382 e. The van der Waals surface area contributed by atoms with E-state index in [4.69, 9.17) is 10.5 Å². The summed E-state index contributed by atoms with van der Waals surface area (Å²) >= 11 is 0. The number of rotatable bonds is 5. The fourth-order valence-corrected chi connectivity index (χ4v) is 3.89. The predicted octanol–water partition coefficient (Wildman–Crippen LogP) is 1.68. The van der Waals surface area contributed by atoms with E-state index in [1.165, 1.54) is 4.57 Å². The van der Waals surface area contributed by atoms with E-state index in [1.807, 2.05) is 37.3 Å². The molecule has 3 N–H and O–H groups in total. The molecule has 0 amide bonds. The third-order valence-electron chi connectivity index (χ3n) is 3.83. The van der Waals surface area contributed by atoms with E-state index in [9.17, 15) is 9.00 Å². The van der Waals surface area contributed by atoms with Crippen LogP contribution in [0.15, 0.2) is 40.3 Å². The fraction of sp³-hybridized carbons (Fsp3) is 0.250. The van der Waals surface area contributed by atoms with E-state index in [0.717, 1.165) is 10.1 Å². The number of nitrogens with two attached hydrogens (primary N) is 1. The average Bonchev–Trinajstić information content (AvgIpc) is 2.81. The van der Waals surface area contributed by atoms with Gasteiger partial charge in [-0.25, -0.2) is 18.8 Å². The molecular formula is C16H19N6O2S. The smallest absolute Gasteiger partial charge is 0.330 e. The van der Waals surface area contributed by atoms with Crippen LogP contribution >= 0.6 is 0 Å². The molecule has 25 heavy (non-hydrogen) atoms. The highest BCUT2D eigenvalue weighted by molar-refractivity contribution is 7.92. The van der Waals surface area contributed by atoms with Gasteiger partial charge in [0, 0.05) is 12.8 Å². The molecule has 3 rings (SSSR count). The zero-order valence-electron chi connectivity index (χ0n) is 13.8. The van der Waals surface area contributed by atoms with Crippen molar-refractivity contribution in [3.63, 3.8) is 0 Å². The molecule has 9 heteroatoms. The van der Waals surface area contributed by atoms with Gasteiger partial charge in [0.1, 0.15) is 15.2 Å².